The first-order valence-corrected chi connectivity index (χ1v) is 23.7. The molecule has 10 aromatic rings. The molecule has 68 heavy (non-hydrogen) atoms. The van der Waals surface area contributed by atoms with Gasteiger partial charge < -0.3 is 26.7 Å². The standard InChI is InChI=1S/C36H28OP2.C17H13N5O.BF4.Cu/c1-5-17-29(18-6-1)38(30-19-7-2-8-20-30)35-27-15-13-25-33(35)37-34-26-14-16-28-36(34)39(31-21-9-3-10-22-31)32-23-11-4-12-24-32;1-23-13-8-6-12(7-9-13)16-11-22(21-20-16)17-10-18-14-4-2-3-5-15(14)19-17;2-1(3,4)5;/h1-28H;2-11H,1H3;;/q;;-1;+1. The van der Waals surface area contributed by atoms with Crippen molar-refractivity contribution in [3.63, 3.8) is 0 Å². The van der Waals surface area contributed by atoms with Crippen LogP contribution in [0.4, 0.5) is 17.3 Å². The Morgan fingerprint density at radius 1 is 0.485 bits per heavy atom. The molecule has 0 unspecified atom stereocenters. The van der Waals surface area contributed by atoms with Crippen molar-refractivity contribution >= 4 is 66.0 Å². The summed E-state index contributed by atoms with van der Waals surface area (Å²) in [6.45, 7) is 0. The van der Waals surface area contributed by atoms with Crippen molar-refractivity contribution in [2.24, 2.45) is 0 Å². The van der Waals surface area contributed by atoms with E-state index < -0.39 is 23.1 Å². The fourth-order valence-corrected chi connectivity index (χ4v) is 11.8. The molecular formula is C53H41BCuF4N5O2P2. The van der Waals surface area contributed by atoms with Crippen molar-refractivity contribution in [2.45, 2.75) is 0 Å². The van der Waals surface area contributed by atoms with Gasteiger partial charge in [0.25, 0.3) is 0 Å². The first-order valence-electron chi connectivity index (χ1n) is 21.0. The maximum absolute atomic E-state index is 9.75. The fraction of sp³-hybridized carbons (Fsp3) is 0.0189. The molecule has 0 atom stereocenters. The molecule has 0 aliphatic carbocycles. The van der Waals surface area contributed by atoms with Crippen molar-refractivity contribution < 1.29 is 43.8 Å². The number of rotatable bonds is 11. The summed E-state index contributed by atoms with van der Waals surface area (Å²) in [5.41, 5.74) is 3.41. The maximum Gasteiger partial charge on any atom is 1.00 e. The second-order valence-electron chi connectivity index (χ2n) is 14.5. The number of fused-ring (bicyclic) bond motifs is 1. The summed E-state index contributed by atoms with van der Waals surface area (Å²) in [6.07, 6.45) is 3.52. The molecular weight excluding hydrogens is 951 g/mol. The monoisotopic (exact) mass is 991 g/mol. The Bertz CT molecular complexity index is 2920. The van der Waals surface area contributed by atoms with Crippen LogP contribution in [0.15, 0.2) is 231 Å². The summed E-state index contributed by atoms with van der Waals surface area (Å²) in [6, 6.07) is 75.6. The molecule has 2 aromatic heterocycles. The Hall–Kier alpha value is -7.00. The molecule has 2 heterocycles. The molecule has 0 saturated heterocycles. The second-order valence-corrected chi connectivity index (χ2v) is 18.9. The quantitative estimate of drug-likeness (QED) is 0.0730. The molecule has 0 amide bonds. The molecule has 7 nitrogen and oxygen atoms in total. The van der Waals surface area contributed by atoms with Crippen LogP contribution in [-0.4, -0.2) is 39.3 Å². The van der Waals surface area contributed by atoms with Crippen LogP contribution in [-0.2, 0) is 17.1 Å². The van der Waals surface area contributed by atoms with Crippen LogP contribution in [0, 0.1) is 0 Å². The first kappa shape index (κ1) is 48.9. The van der Waals surface area contributed by atoms with Crippen molar-refractivity contribution in [1.29, 1.82) is 0 Å². The summed E-state index contributed by atoms with van der Waals surface area (Å²) < 4.78 is 52.7. The molecule has 0 spiro atoms. The topological polar surface area (TPSA) is 75.0 Å². The Morgan fingerprint density at radius 3 is 1.32 bits per heavy atom. The second kappa shape index (κ2) is 23.6. The maximum atomic E-state index is 9.75. The number of nitrogens with zero attached hydrogens (tertiary/aromatic N) is 5. The van der Waals surface area contributed by atoms with Gasteiger partial charge in [0.05, 0.1) is 30.5 Å². The normalized spacial score (nSPS) is 10.9. The van der Waals surface area contributed by atoms with Crippen molar-refractivity contribution in [1.82, 2.24) is 25.0 Å². The number of aromatic nitrogens is 5. The minimum atomic E-state index is -6.00. The van der Waals surface area contributed by atoms with E-state index in [9.17, 15) is 17.3 Å². The van der Waals surface area contributed by atoms with E-state index >= 15 is 0 Å². The van der Waals surface area contributed by atoms with Crippen LogP contribution in [0.1, 0.15) is 0 Å². The summed E-state index contributed by atoms with van der Waals surface area (Å²) in [4.78, 5) is 8.95. The molecule has 10 rings (SSSR count). The Labute approximate surface area is 405 Å². The van der Waals surface area contributed by atoms with Gasteiger partial charge in [-0.1, -0.05) is 175 Å². The number of para-hydroxylation sites is 4. The SMILES string of the molecule is COc1ccc(-c2cn(-c3cnc4ccccc4n3)nn2)cc1.F[B-](F)(F)F.[Cu+].c1ccc(P(c2ccccc2)c2ccccc2Oc2ccccc2P(c2ccccc2)c2ccccc2)cc1. The van der Waals surface area contributed by atoms with Gasteiger partial charge >= 0.3 is 24.3 Å². The Morgan fingerprint density at radius 2 is 0.882 bits per heavy atom. The largest absolute Gasteiger partial charge is 1.00 e. The zero-order chi connectivity index (χ0) is 46.4. The molecule has 8 aromatic carbocycles. The summed E-state index contributed by atoms with van der Waals surface area (Å²) in [5.74, 6) is 3.25. The predicted molar refractivity (Wildman–Crippen MR) is 267 cm³/mol. The number of hydrogen-bond acceptors (Lipinski definition) is 6. The minimum Gasteiger partial charge on any atom is -0.497 e. The summed E-state index contributed by atoms with van der Waals surface area (Å²) >= 11 is 0. The predicted octanol–water partition coefficient (Wildman–Crippen LogP) is 11.2. The third kappa shape index (κ3) is 12.9. The smallest absolute Gasteiger partial charge is 0.497 e. The molecule has 0 aliphatic heterocycles. The van der Waals surface area contributed by atoms with Gasteiger partial charge in [-0.2, -0.15) is 0 Å². The molecule has 0 N–H and O–H groups in total. The first-order chi connectivity index (χ1) is 32.7. The fourth-order valence-electron chi connectivity index (χ4n) is 7.07. The van der Waals surface area contributed by atoms with Gasteiger partial charge in [0.1, 0.15) is 22.9 Å². The molecule has 0 aliphatic rings. The molecule has 0 fully saturated rings. The number of ether oxygens (including phenoxy) is 2. The third-order valence-corrected chi connectivity index (χ3v) is 15.0. The number of methoxy groups -OCH3 is 1. The van der Waals surface area contributed by atoms with E-state index in [2.05, 4.69) is 190 Å². The molecule has 0 saturated carbocycles. The average molecular weight is 992 g/mol. The van der Waals surface area contributed by atoms with Crippen LogP contribution >= 0.6 is 15.8 Å². The van der Waals surface area contributed by atoms with Gasteiger partial charge in [-0.15, -0.1) is 5.10 Å². The molecule has 0 bridgehead atoms. The van der Waals surface area contributed by atoms with Gasteiger partial charge in [0.15, 0.2) is 5.82 Å². The van der Waals surface area contributed by atoms with Crippen LogP contribution in [0.25, 0.3) is 28.1 Å². The molecule has 0 radical (unpaired) electrons. The van der Waals surface area contributed by atoms with Crippen molar-refractivity contribution in [3.8, 4) is 34.3 Å². The number of hydrogen-bond donors (Lipinski definition) is 0. The zero-order valence-electron chi connectivity index (χ0n) is 36.3. The van der Waals surface area contributed by atoms with Crippen molar-refractivity contribution in [2.75, 3.05) is 7.11 Å². The van der Waals surface area contributed by atoms with Gasteiger partial charge in [-0.25, -0.2) is 9.67 Å². The van der Waals surface area contributed by atoms with E-state index in [1.807, 2.05) is 54.7 Å². The van der Waals surface area contributed by atoms with Crippen molar-refractivity contribution in [3.05, 3.63) is 231 Å². The van der Waals surface area contributed by atoms with Gasteiger partial charge in [-0.05, 0) is 85.6 Å². The van der Waals surface area contributed by atoms with Gasteiger partial charge in [0, 0.05) is 16.2 Å². The van der Waals surface area contributed by atoms with Crippen LogP contribution < -0.4 is 41.3 Å². The van der Waals surface area contributed by atoms with Gasteiger partial charge in [-0.3, -0.25) is 4.98 Å². The zero-order valence-corrected chi connectivity index (χ0v) is 39.0. The summed E-state index contributed by atoms with van der Waals surface area (Å²) in [5, 5.41) is 16.0. The van der Waals surface area contributed by atoms with E-state index in [4.69, 9.17) is 9.47 Å². The van der Waals surface area contributed by atoms with E-state index in [1.165, 1.54) is 31.8 Å². The number of halogens is 4. The Kier molecular flexibility index (Phi) is 17.0. The number of benzene rings is 8. The van der Waals surface area contributed by atoms with Crippen LogP contribution in [0.2, 0.25) is 0 Å². The van der Waals surface area contributed by atoms with Crippen LogP contribution in [0.5, 0.6) is 17.2 Å². The van der Waals surface area contributed by atoms with E-state index in [0.29, 0.717) is 5.82 Å². The molecule has 15 heteroatoms. The summed E-state index contributed by atoms with van der Waals surface area (Å²) in [7, 11) is -5.95. The minimum absolute atomic E-state index is 0. The molecule has 342 valence electrons. The van der Waals surface area contributed by atoms with Crippen LogP contribution in [0.3, 0.4) is 0 Å². The van der Waals surface area contributed by atoms with E-state index in [1.54, 1.807) is 18.0 Å². The Balaban J connectivity index is 0.000000200. The third-order valence-electron chi connectivity index (χ3n) is 10.0. The van der Waals surface area contributed by atoms with E-state index in [-0.39, 0.29) is 17.1 Å². The van der Waals surface area contributed by atoms with E-state index in [0.717, 1.165) is 39.5 Å². The average Bonchev–Trinajstić information content (AvgIpc) is 3.87. The van der Waals surface area contributed by atoms with Gasteiger partial charge in [0.2, 0.25) is 0 Å².